The van der Waals surface area contributed by atoms with Gasteiger partial charge in [0.15, 0.2) is 5.69 Å². The lowest BCUT2D eigenvalue weighted by Gasteiger charge is -2.27. The van der Waals surface area contributed by atoms with Crippen molar-refractivity contribution in [1.29, 1.82) is 0 Å². The highest BCUT2D eigenvalue weighted by Crippen LogP contribution is 2.37. The van der Waals surface area contributed by atoms with Crippen LogP contribution in [0.5, 0.6) is 0 Å². The molecular formula is C12H15F3N2O2. The van der Waals surface area contributed by atoms with Crippen LogP contribution in [-0.4, -0.2) is 42.7 Å². The Morgan fingerprint density at radius 2 is 2.11 bits per heavy atom. The van der Waals surface area contributed by atoms with E-state index in [0.717, 1.165) is 4.90 Å². The molecule has 7 heteroatoms. The number of halogens is 3. The molecule has 106 valence electrons. The molecule has 0 spiro atoms. The number of hydrogen-bond donors (Lipinski definition) is 0. The molecule has 1 rings (SSSR count). The normalized spacial score (nSPS) is 13.4. The van der Waals surface area contributed by atoms with E-state index in [0.29, 0.717) is 0 Å². The van der Waals surface area contributed by atoms with Crippen LogP contribution in [0, 0.1) is 0 Å². The predicted octanol–water partition coefficient (Wildman–Crippen LogP) is 2.42. The van der Waals surface area contributed by atoms with E-state index < -0.39 is 18.2 Å². The summed E-state index contributed by atoms with van der Waals surface area (Å²) in [5.41, 5.74) is -0.515. The van der Waals surface area contributed by atoms with Gasteiger partial charge in [0, 0.05) is 11.8 Å². The fraction of sp³-hybridized carbons (Fsp3) is 0.500. The van der Waals surface area contributed by atoms with Crippen LogP contribution >= 0.6 is 0 Å². The molecule has 0 bridgehead atoms. The first-order valence-corrected chi connectivity index (χ1v) is 5.64. The van der Waals surface area contributed by atoms with Gasteiger partial charge in [-0.1, -0.05) is 6.07 Å². The minimum absolute atomic E-state index is 0.0769. The van der Waals surface area contributed by atoms with Crippen LogP contribution in [0.3, 0.4) is 0 Å². The number of carbonyl (C=O) groups is 1. The summed E-state index contributed by atoms with van der Waals surface area (Å²) in [6.07, 6.45) is -3.24. The third-order valence-electron chi connectivity index (χ3n) is 2.43. The molecule has 1 aromatic heterocycles. The highest BCUT2D eigenvalue weighted by Gasteiger charge is 2.44. The first-order valence-electron chi connectivity index (χ1n) is 5.64. The molecule has 4 nitrogen and oxygen atoms in total. The van der Waals surface area contributed by atoms with Gasteiger partial charge in [-0.25, -0.2) is 9.78 Å². The van der Waals surface area contributed by atoms with Gasteiger partial charge in [0.25, 0.3) is 0 Å². The Labute approximate surface area is 109 Å². The van der Waals surface area contributed by atoms with Gasteiger partial charge in [-0.05, 0) is 27.1 Å². The number of nitrogens with zero attached hydrogens (tertiary/aromatic N) is 2. The van der Waals surface area contributed by atoms with Crippen LogP contribution in [0.25, 0.3) is 0 Å². The minimum atomic E-state index is -4.51. The molecule has 0 aliphatic rings. The molecule has 0 saturated carbocycles. The molecule has 0 radical (unpaired) electrons. The van der Waals surface area contributed by atoms with Gasteiger partial charge in [-0.3, -0.25) is 4.90 Å². The number of carbonyl (C=O) groups excluding carboxylic acids is 1. The molecular weight excluding hydrogens is 261 g/mol. The zero-order valence-electron chi connectivity index (χ0n) is 10.9. The number of hydrogen-bond acceptors (Lipinski definition) is 4. The van der Waals surface area contributed by atoms with Crippen molar-refractivity contribution >= 4 is 5.97 Å². The Morgan fingerprint density at radius 1 is 1.47 bits per heavy atom. The number of pyridine rings is 1. The Morgan fingerprint density at radius 3 is 2.58 bits per heavy atom. The summed E-state index contributed by atoms with van der Waals surface area (Å²) >= 11 is 0. The lowest BCUT2D eigenvalue weighted by molar-refractivity contribution is -0.179. The van der Waals surface area contributed by atoms with Gasteiger partial charge in [-0.15, -0.1) is 0 Å². The second-order valence-electron chi connectivity index (χ2n) is 4.07. The predicted molar refractivity (Wildman–Crippen MR) is 62.7 cm³/mol. The molecule has 0 saturated heterocycles. The average Bonchev–Trinajstić information content (AvgIpc) is 2.27. The summed E-state index contributed by atoms with van der Waals surface area (Å²) in [6.45, 7) is 1.65. The van der Waals surface area contributed by atoms with Gasteiger partial charge >= 0.3 is 12.1 Å². The van der Waals surface area contributed by atoms with Crippen molar-refractivity contribution in [3.8, 4) is 0 Å². The Hall–Kier alpha value is -1.63. The van der Waals surface area contributed by atoms with Crippen molar-refractivity contribution in [2.45, 2.75) is 19.1 Å². The van der Waals surface area contributed by atoms with E-state index in [1.165, 1.54) is 32.4 Å². The topological polar surface area (TPSA) is 42.4 Å². The minimum Gasteiger partial charge on any atom is -0.461 e. The zero-order valence-corrected chi connectivity index (χ0v) is 10.9. The largest absolute Gasteiger partial charge is 0.461 e. The molecule has 19 heavy (non-hydrogen) atoms. The van der Waals surface area contributed by atoms with Crippen LogP contribution in [0.15, 0.2) is 18.3 Å². The van der Waals surface area contributed by atoms with Crippen molar-refractivity contribution in [2.75, 3.05) is 20.7 Å². The standard InChI is InChI=1S/C12H15F3N2O2/c1-4-19-11(18)9-8(6-5-7-16-9)10(17(2)3)12(13,14)15/h5-7,10H,4H2,1-3H3. The highest BCUT2D eigenvalue weighted by molar-refractivity contribution is 5.89. The SMILES string of the molecule is CCOC(=O)c1ncccc1C(N(C)C)C(F)(F)F. The van der Waals surface area contributed by atoms with Crippen molar-refractivity contribution in [1.82, 2.24) is 9.88 Å². The average molecular weight is 276 g/mol. The zero-order chi connectivity index (χ0) is 14.6. The van der Waals surface area contributed by atoms with E-state index >= 15 is 0 Å². The molecule has 1 heterocycles. The number of aromatic nitrogens is 1. The van der Waals surface area contributed by atoms with E-state index in [4.69, 9.17) is 4.74 Å². The fourth-order valence-corrected chi connectivity index (χ4v) is 1.76. The van der Waals surface area contributed by atoms with Crippen molar-refractivity contribution in [2.24, 2.45) is 0 Å². The maximum atomic E-state index is 13.1. The van der Waals surface area contributed by atoms with Gasteiger partial charge in [-0.2, -0.15) is 13.2 Å². The first kappa shape index (κ1) is 15.4. The van der Waals surface area contributed by atoms with Crippen LogP contribution in [-0.2, 0) is 4.74 Å². The summed E-state index contributed by atoms with van der Waals surface area (Å²) in [4.78, 5) is 16.3. The van der Waals surface area contributed by atoms with Crippen molar-refractivity contribution in [3.05, 3.63) is 29.6 Å². The Kier molecular flexibility index (Phi) is 4.88. The fourth-order valence-electron chi connectivity index (χ4n) is 1.76. The Balaban J connectivity index is 3.28. The van der Waals surface area contributed by atoms with Gasteiger partial charge in [0.1, 0.15) is 6.04 Å². The third kappa shape index (κ3) is 3.66. The summed E-state index contributed by atoms with van der Waals surface area (Å²) in [7, 11) is 2.58. The molecule has 0 fully saturated rings. The maximum absolute atomic E-state index is 13.1. The first-order chi connectivity index (χ1) is 8.79. The van der Waals surface area contributed by atoms with Crippen LogP contribution in [0.4, 0.5) is 13.2 Å². The molecule has 0 aromatic carbocycles. The van der Waals surface area contributed by atoms with Crippen molar-refractivity contribution < 1.29 is 22.7 Å². The number of ether oxygens (including phenoxy) is 1. The Bertz CT molecular complexity index is 447. The third-order valence-corrected chi connectivity index (χ3v) is 2.43. The molecule has 1 unspecified atom stereocenters. The van der Waals surface area contributed by atoms with E-state index in [-0.39, 0.29) is 17.9 Å². The van der Waals surface area contributed by atoms with E-state index in [2.05, 4.69) is 4.98 Å². The summed E-state index contributed by atoms with van der Waals surface area (Å²) in [6, 6.07) is 0.693. The molecule has 0 amide bonds. The lowest BCUT2D eigenvalue weighted by atomic mass is 10.0. The number of alkyl halides is 3. The molecule has 0 aliphatic heterocycles. The molecule has 1 atom stereocenters. The number of rotatable bonds is 4. The van der Waals surface area contributed by atoms with E-state index in [1.807, 2.05) is 0 Å². The molecule has 0 N–H and O–H groups in total. The molecule has 1 aromatic rings. The van der Waals surface area contributed by atoms with E-state index in [9.17, 15) is 18.0 Å². The van der Waals surface area contributed by atoms with Crippen molar-refractivity contribution in [3.63, 3.8) is 0 Å². The highest BCUT2D eigenvalue weighted by atomic mass is 19.4. The van der Waals surface area contributed by atoms with Gasteiger partial charge in [0.2, 0.25) is 0 Å². The monoisotopic (exact) mass is 276 g/mol. The van der Waals surface area contributed by atoms with Gasteiger partial charge < -0.3 is 4.74 Å². The maximum Gasteiger partial charge on any atom is 0.408 e. The lowest BCUT2D eigenvalue weighted by Crippen LogP contribution is -2.34. The second kappa shape index (κ2) is 6.01. The van der Waals surface area contributed by atoms with Gasteiger partial charge in [0.05, 0.1) is 6.61 Å². The van der Waals surface area contributed by atoms with Crippen LogP contribution < -0.4 is 0 Å². The summed E-state index contributed by atoms with van der Waals surface area (Å²) in [5, 5.41) is 0. The number of esters is 1. The van der Waals surface area contributed by atoms with E-state index in [1.54, 1.807) is 6.92 Å². The smallest absolute Gasteiger partial charge is 0.408 e. The quantitative estimate of drug-likeness (QED) is 0.792. The molecule has 0 aliphatic carbocycles. The summed E-state index contributed by atoms with van der Waals surface area (Å²) < 4.78 is 43.9. The van der Waals surface area contributed by atoms with Crippen LogP contribution in [0.1, 0.15) is 29.0 Å². The summed E-state index contributed by atoms with van der Waals surface area (Å²) in [5.74, 6) is -0.853. The second-order valence-corrected chi connectivity index (χ2v) is 4.07. The van der Waals surface area contributed by atoms with Crippen LogP contribution in [0.2, 0.25) is 0 Å².